The number of anilines is 1. The highest BCUT2D eigenvalue weighted by Gasteiger charge is 2.14. The average Bonchev–Trinajstić information content (AvgIpc) is 3.35. The lowest BCUT2D eigenvalue weighted by Crippen LogP contribution is -2.44. The van der Waals surface area contributed by atoms with Gasteiger partial charge in [0.25, 0.3) is 5.56 Å². The third-order valence-electron chi connectivity index (χ3n) is 6.03. The summed E-state index contributed by atoms with van der Waals surface area (Å²) in [6.07, 6.45) is 5.35. The highest BCUT2D eigenvalue weighted by Crippen LogP contribution is 2.28. The van der Waals surface area contributed by atoms with Gasteiger partial charge in [0.15, 0.2) is 0 Å². The van der Waals surface area contributed by atoms with Crippen LogP contribution in [0.1, 0.15) is 5.56 Å². The number of fused-ring (bicyclic) bond motifs is 1. The minimum Gasteiger partial charge on any atom is -0.494 e. The zero-order valence-corrected chi connectivity index (χ0v) is 17.9. The van der Waals surface area contributed by atoms with Crippen LogP contribution in [0.15, 0.2) is 70.7 Å². The van der Waals surface area contributed by atoms with Gasteiger partial charge in [0, 0.05) is 61.2 Å². The van der Waals surface area contributed by atoms with E-state index in [1.165, 1.54) is 5.69 Å². The van der Waals surface area contributed by atoms with Gasteiger partial charge in [0.1, 0.15) is 0 Å². The first-order chi connectivity index (χ1) is 15.6. The number of H-pyrrole nitrogens is 2. The summed E-state index contributed by atoms with van der Waals surface area (Å²) >= 11 is 0. The monoisotopic (exact) mass is 427 g/mol. The topological polar surface area (TPSA) is 87.7 Å². The van der Waals surface area contributed by atoms with E-state index in [0.29, 0.717) is 16.3 Å². The van der Waals surface area contributed by atoms with Crippen molar-refractivity contribution in [1.82, 2.24) is 14.9 Å². The molecule has 0 unspecified atom stereocenters. The van der Waals surface area contributed by atoms with E-state index in [1.807, 2.05) is 42.7 Å². The Morgan fingerprint density at radius 2 is 1.75 bits per heavy atom. The van der Waals surface area contributed by atoms with E-state index in [2.05, 4.69) is 43.9 Å². The first-order valence-electron chi connectivity index (χ1n) is 10.7. The molecule has 0 amide bonds. The molecule has 1 saturated heterocycles. The second kappa shape index (κ2) is 8.36. The van der Waals surface area contributed by atoms with Gasteiger partial charge in [-0.1, -0.05) is 6.07 Å². The maximum absolute atomic E-state index is 12.4. The highest BCUT2D eigenvalue weighted by atomic mass is 16.3. The number of hydrogen-bond donors (Lipinski definition) is 3. The Morgan fingerprint density at radius 1 is 0.969 bits per heavy atom. The quantitative estimate of drug-likeness (QED) is 0.433. The molecule has 0 aliphatic carbocycles. The van der Waals surface area contributed by atoms with E-state index in [9.17, 15) is 9.90 Å². The number of piperazine rings is 1. The van der Waals surface area contributed by atoms with Gasteiger partial charge in [-0.05, 0) is 60.6 Å². The van der Waals surface area contributed by atoms with Crippen LogP contribution in [0.4, 0.5) is 11.4 Å². The number of aromatic amines is 2. The van der Waals surface area contributed by atoms with Crippen molar-refractivity contribution < 1.29 is 5.11 Å². The molecule has 7 nitrogen and oxygen atoms in total. The van der Waals surface area contributed by atoms with Gasteiger partial charge >= 0.3 is 0 Å². The first-order valence-corrected chi connectivity index (χ1v) is 10.7. The van der Waals surface area contributed by atoms with Crippen molar-refractivity contribution in [2.24, 2.45) is 4.99 Å². The van der Waals surface area contributed by atoms with Gasteiger partial charge in [-0.2, -0.15) is 0 Å². The number of aromatic hydroxyl groups is 1. The smallest absolute Gasteiger partial charge is 0.258 e. The molecule has 2 aromatic carbocycles. The summed E-state index contributed by atoms with van der Waals surface area (Å²) < 4.78 is 0. The van der Waals surface area contributed by atoms with E-state index < -0.39 is 0 Å². The minimum atomic E-state index is -0.327. The fraction of sp³-hybridized carbons (Fsp3) is 0.200. The SMILES string of the molecule is CN1CCN(c2ccc(N=Cc3c(O)[nH]c(=O)c4ccc(-c5cc[nH]c5)cc34)cc2)CC1. The molecule has 7 heteroatoms. The Kier molecular flexibility index (Phi) is 5.25. The molecule has 1 aliphatic rings. The van der Waals surface area contributed by atoms with Crippen molar-refractivity contribution >= 4 is 28.4 Å². The summed E-state index contributed by atoms with van der Waals surface area (Å²) in [7, 11) is 2.15. The summed E-state index contributed by atoms with van der Waals surface area (Å²) in [4.78, 5) is 27.2. The molecule has 2 aromatic heterocycles. The average molecular weight is 428 g/mol. The maximum atomic E-state index is 12.4. The largest absolute Gasteiger partial charge is 0.494 e. The molecule has 5 rings (SSSR count). The van der Waals surface area contributed by atoms with Crippen molar-refractivity contribution in [3.05, 3.63) is 76.8 Å². The van der Waals surface area contributed by atoms with Gasteiger partial charge < -0.3 is 19.9 Å². The molecule has 0 radical (unpaired) electrons. The standard InChI is InChI=1S/C25H25N5O2/c1-29-10-12-30(13-11-29)20-5-3-19(4-6-20)27-16-23-22-14-17(18-8-9-26-15-18)2-7-21(22)24(31)28-25(23)32/h2-9,14-16,26H,10-13H2,1H3,(H2,28,31,32). The lowest BCUT2D eigenvalue weighted by atomic mass is 10.0. The molecule has 4 aromatic rings. The van der Waals surface area contributed by atoms with E-state index in [0.717, 1.165) is 43.0 Å². The van der Waals surface area contributed by atoms with Crippen molar-refractivity contribution in [3.63, 3.8) is 0 Å². The number of aromatic nitrogens is 2. The van der Waals surface area contributed by atoms with E-state index in [-0.39, 0.29) is 11.4 Å². The lowest BCUT2D eigenvalue weighted by Gasteiger charge is -2.34. The fourth-order valence-electron chi connectivity index (χ4n) is 4.10. The fourth-order valence-corrected chi connectivity index (χ4v) is 4.10. The van der Waals surface area contributed by atoms with Crippen molar-refractivity contribution in [3.8, 4) is 17.0 Å². The van der Waals surface area contributed by atoms with Crippen LogP contribution in [0, 0.1) is 0 Å². The Balaban J connectivity index is 1.46. The molecule has 3 N–H and O–H groups in total. The van der Waals surface area contributed by atoms with Crippen LogP contribution in [-0.4, -0.2) is 59.4 Å². The summed E-state index contributed by atoms with van der Waals surface area (Å²) in [6, 6.07) is 15.6. The molecule has 32 heavy (non-hydrogen) atoms. The molecular weight excluding hydrogens is 402 g/mol. The highest BCUT2D eigenvalue weighted by molar-refractivity contribution is 6.03. The third kappa shape index (κ3) is 3.90. The number of pyridine rings is 1. The van der Waals surface area contributed by atoms with Crippen LogP contribution < -0.4 is 10.5 Å². The number of rotatable bonds is 4. The Hall–Kier alpha value is -3.84. The van der Waals surface area contributed by atoms with Gasteiger partial charge in [0.2, 0.25) is 5.88 Å². The number of nitrogens with one attached hydrogen (secondary N) is 2. The molecule has 1 fully saturated rings. The van der Waals surface area contributed by atoms with Crippen LogP contribution in [0.2, 0.25) is 0 Å². The minimum absolute atomic E-state index is 0.188. The Morgan fingerprint density at radius 3 is 2.47 bits per heavy atom. The van der Waals surface area contributed by atoms with Crippen LogP contribution in [-0.2, 0) is 0 Å². The number of benzene rings is 2. The Bertz CT molecular complexity index is 1320. The maximum Gasteiger partial charge on any atom is 0.258 e. The zero-order chi connectivity index (χ0) is 22.1. The van der Waals surface area contributed by atoms with E-state index in [1.54, 1.807) is 12.3 Å². The van der Waals surface area contributed by atoms with Crippen LogP contribution in [0.5, 0.6) is 5.88 Å². The molecule has 0 saturated carbocycles. The lowest BCUT2D eigenvalue weighted by molar-refractivity contribution is 0.313. The molecule has 0 bridgehead atoms. The van der Waals surface area contributed by atoms with Crippen LogP contribution in [0.3, 0.4) is 0 Å². The third-order valence-corrected chi connectivity index (χ3v) is 6.03. The number of likely N-dealkylation sites (N-methyl/N-ethyl adjacent to an activating group) is 1. The summed E-state index contributed by atoms with van der Waals surface area (Å²) in [5.41, 5.74) is 4.09. The molecule has 0 atom stereocenters. The molecular formula is C25H25N5O2. The second-order valence-corrected chi connectivity index (χ2v) is 8.14. The van der Waals surface area contributed by atoms with Gasteiger partial charge in [-0.25, -0.2) is 0 Å². The second-order valence-electron chi connectivity index (χ2n) is 8.14. The van der Waals surface area contributed by atoms with Crippen molar-refractivity contribution in [2.45, 2.75) is 0 Å². The molecule has 0 spiro atoms. The summed E-state index contributed by atoms with van der Waals surface area (Å²) in [6.45, 7) is 4.14. The molecule has 3 heterocycles. The normalized spacial score (nSPS) is 15.1. The van der Waals surface area contributed by atoms with Crippen molar-refractivity contribution in [1.29, 1.82) is 0 Å². The van der Waals surface area contributed by atoms with E-state index >= 15 is 0 Å². The predicted octanol–water partition coefficient (Wildman–Crippen LogP) is 3.73. The molecule has 1 aliphatic heterocycles. The van der Waals surface area contributed by atoms with Gasteiger partial charge in [-0.3, -0.25) is 14.8 Å². The van der Waals surface area contributed by atoms with Crippen LogP contribution >= 0.6 is 0 Å². The zero-order valence-electron chi connectivity index (χ0n) is 17.9. The summed E-state index contributed by atoms with van der Waals surface area (Å²) in [5, 5.41) is 11.6. The summed E-state index contributed by atoms with van der Waals surface area (Å²) in [5.74, 6) is -0.188. The number of nitrogens with zero attached hydrogens (tertiary/aromatic N) is 3. The molecule has 162 valence electrons. The predicted molar refractivity (Wildman–Crippen MR) is 129 cm³/mol. The Labute approximate surface area is 185 Å². The van der Waals surface area contributed by atoms with E-state index in [4.69, 9.17) is 0 Å². The van der Waals surface area contributed by atoms with Crippen molar-refractivity contribution in [2.75, 3.05) is 38.1 Å². The number of aliphatic imine (C=N–C) groups is 1. The number of hydrogen-bond acceptors (Lipinski definition) is 5. The van der Waals surface area contributed by atoms with Gasteiger partial charge in [-0.15, -0.1) is 0 Å². The van der Waals surface area contributed by atoms with Gasteiger partial charge in [0.05, 0.1) is 11.3 Å². The van der Waals surface area contributed by atoms with Crippen LogP contribution in [0.25, 0.3) is 21.9 Å². The first kappa shape index (κ1) is 20.1.